The van der Waals surface area contributed by atoms with Gasteiger partial charge in [0.05, 0.1) is 11.1 Å². The van der Waals surface area contributed by atoms with E-state index in [9.17, 15) is 18.8 Å². The third kappa shape index (κ3) is 3.91. The van der Waals surface area contributed by atoms with E-state index >= 15 is 0 Å². The topological polar surface area (TPSA) is 78.5 Å². The molecule has 2 aromatic carbocycles. The number of carbonyl (C=O) groups excluding carboxylic acids is 3. The van der Waals surface area contributed by atoms with E-state index < -0.39 is 11.8 Å². The predicted molar refractivity (Wildman–Crippen MR) is 97.5 cm³/mol. The maximum atomic E-state index is 13.1. The molecule has 0 bridgehead atoms. The van der Waals surface area contributed by atoms with Crippen LogP contribution in [0.4, 0.5) is 14.9 Å². The first kappa shape index (κ1) is 18.1. The number of urea groups is 1. The number of rotatable bonds is 5. The van der Waals surface area contributed by atoms with Crippen molar-refractivity contribution < 1.29 is 18.8 Å². The molecular weight excluding hydrogens is 405 g/mol. The summed E-state index contributed by atoms with van der Waals surface area (Å²) in [6, 6.07) is 10.0. The Bertz CT molecular complexity index is 888. The van der Waals surface area contributed by atoms with Crippen LogP contribution in [0.1, 0.15) is 27.1 Å². The zero-order chi connectivity index (χ0) is 18.7. The van der Waals surface area contributed by atoms with Gasteiger partial charge in [-0.05, 0) is 42.8 Å². The van der Waals surface area contributed by atoms with Gasteiger partial charge in [-0.1, -0.05) is 22.0 Å². The van der Waals surface area contributed by atoms with Gasteiger partial charge in [0.15, 0.2) is 0 Å². The van der Waals surface area contributed by atoms with Crippen LogP contribution >= 0.6 is 15.9 Å². The lowest BCUT2D eigenvalue weighted by atomic mass is 10.1. The number of hydrogen-bond donors (Lipinski definition) is 2. The lowest BCUT2D eigenvalue weighted by Gasteiger charge is -2.14. The molecule has 6 nitrogen and oxygen atoms in total. The number of hydrogen-bond acceptors (Lipinski definition) is 3. The summed E-state index contributed by atoms with van der Waals surface area (Å²) in [4.78, 5) is 37.5. The van der Waals surface area contributed by atoms with Gasteiger partial charge in [-0.25, -0.2) is 9.18 Å². The minimum absolute atomic E-state index is 0.199. The van der Waals surface area contributed by atoms with Crippen LogP contribution in [0.25, 0.3) is 0 Å². The second-order valence-electron chi connectivity index (χ2n) is 5.70. The number of amides is 4. The quantitative estimate of drug-likeness (QED) is 0.575. The summed E-state index contributed by atoms with van der Waals surface area (Å²) in [5.41, 5.74) is 1.10. The van der Waals surface area contributed by atoms with Crippen molar-refractivity contribution in [1.29, 1.82) is 0 Å². The Labute approximate surface area is 157 Å². The smallest absolute Gasteiger partial charge is 0.319 e. The first-order valence-electron chi connectivity index (χ1n) is 7.92. The molecule has 3 rings (SSSR count). The Balaban J connectivity index is 1.48. The van der Waals surface area contributed by atoms with E-state index in [1.54, 1.807) is 24.3 Å². The van der Waals surface area contributed by atoms with Gasteiger partial charge in [0.1, 0.15) is 5.82 Å². The molecule has 0 radical (unpaired) electrons. The zero-order valence-electron chi connectivity index (χ0n) is 13.6. The van der Waals surface area contributed by atoms with Gasteiger partial charge in [0.2, 0.25) is 0 Å². The molecule has 0 spiro atoms. The summed E-state index contributed by atoms with van der Waals surface area (Å²) < 4.78 is 13.8. The highest BCUT2D eigenvalue weighted by Gasteiger charge is 2.34. The molecule has 2 N–H and O–H groups in total. The standard InChI is InChI=1S/C18H15BrFN3O3/c19-11-5-6-14-15(9-11)17(25)23(16(14)24)8-2-7-21-18(26)22-13-4-1-3-12(20)10-13/h1,3-6,9-10H,2,7-8H2,(H2,21,22,26). The number of imide groups is 1. The molecule has 1 aliphatic heterocycles. The van der Waals surface area contributed by atoms with Gasteiger partial charge < -0.3 is 10.6 Å². The molecule has 0 saturated carbocycles. The SMILES string of the molecule is O=C(NCCCN1C(=O)c2ccc(Br)cc2C1=O)Nc1cccc(F)c1. The van der Waals surface area contributed by atoms with E-state index in [-0.39, 0.29) is 24.9 Å². The van der Waals surface area contributed by atoms with Crippen LogP contribution in [-0.2, 0) is 0 Å². The van der Waals surface area contributed by atoms with Crippen molar-refractivity contribution in [3.63, 3.8) is 0 Å². The van der Waals surface area contributed by atoms with Crippen LogP contribution in [0.5, 0.6) is 0 Å². The predicted octanol–water partition coefficient (Wildman–Crippen LogP) is 3.40. The van der Waals surface area contributed by atoms with Crippen LogP contribution in [0.3, 0.4) is 0 Å². The average molecular weight is 420 g/mol. The maximum absolute atomic E-state index is 13.1. The summed E-state index contributed by atoms with van der Waals surface area (Å²) in [5.74, 6) is -1.11. The second kappa shape index (κ2) is 7.65. The van der Waals surface area contributed by atoms with E-state index in [1.807, 2.05) is 0 Å². The third-order valence-corrected chi connectivity index (χ3v) is 4.35. The molecular formula is C18H15BrFN3O3. The molecule has 4 amide bonds. The molecule has 134 valence electrons. The molecule has 0 fully saturated rings. The lowest BCUT2D eigenvalue weighted by Crippen LogP contribution is -2.35. The minimum Gasteiger partial charge on any atom is -0.338 e. The van der Waals surface area contributed by atoms with Crippen molar-refractivity contribution in [2.45, 2.75) is 6.42 Å². The number of anilines is 1. The maximum Gasteiger partial charge on any atom is 0.319 e. The molecule has 2 aromatic rings. The summed E-state index contributed by atoms with van der Waals surface area (Å²) in [7, 11) is 0. The number of nitrogens with zero attached hydrogens (tertiary/aromatic N) is 1. The molecule has 8 heteroatoms. The normalized spacial score (nSPS) is 12.9. The summed E-state index contributed by atoms with van der Waals surface area (Å²) in [6.45, 7) is 0.461. The fourth-order valence-electron chi connectivity index (χ4n) is 2.65. The first-order valence-corrected chi connectivity index (χ1v) is 8.71. The van der Waals surface area contributed by atoms with E-state index in [4.69, 9.17) is 0 Å². The molecule has 1 heterocycles. The van der Waals surface area contributed by atoms with Crippen molar-refractivity contribution in [3.05, 3.63) is 63.9 Å². The highest BCUT2D eigenvalue weighted by atomic mass is 79.9. The van der Waals surface area contributed by atoms with E-state index in [1.165, 1.54) is 23.1 Å². The number of halogens is 2. The Morgan fingerprint density at radius 3 is 2.62 bits per heavy atom. The highest BCUT2D eigenvalue weighted by Crippen LogP contribution is 2.25. The van der Waals surface area contributed by atoms with Crippen molar-refractivity contribution >= 4 is 39.5 Å². The van der Waals surface area contributed by atoms with Crippen LogP contribution in [0.15, 0.2) is 46.9 Å². The van der Waals surface area contributed by atoms with Crippen LogP contribution in [0.2, 0.25) is 0 Å². The first-order chi connectivity index (χ1) is 12.5. The summed E-state index contributed by atoms with van der Waals surface area (Å²) in [5, 5.41) is 5.11. The van der Waals surface area contributed by atoms with Gasteiger partial charge >= 0.3 is 6.03 Å². The molecule has 26 heavy (non-hydrogen) atoms. The van der Waals surface area contributed by atoms with Crippen LogP contribution in [-0.4, -0.2) is 35.8 Å². The van der Waals surface area contributed by atoms with E-state index in [2.05, 4.69) is 26.6 Å². The molecule has 0 aliphatic carbocycles. The lowest BCUT2D eigenvalue weighted by molar-refractivity contribution is 0.0653. The molecule has 0 aromatic heterocycles. The Hall–Kier alpha value is -2.74. The average Bonchev–Trinajstić information content (AvgIpc) is 2.82. The van der Waals surface area contributed by atoms with Gasteiger partial charge in [0.25, 0.3) is 11.8 Å². The monoisotopic (exact) mass is 419 g/mol. The molecule has 0 saturated heterocycles. The van der Waals surface area contributed by atoms with E-state index in [0.717, 1.165) is 4.47 Å². The fourth-order valence-corrected chi connectivity index (χ4v) is 3.01. The van der Waals surface area contributed by atoms with Gasteiger partial charge in [-0.3, -0.25) is 14.5 Å². The Morgan fingerprint density at radius 1 is 1.08 bits per heavy atom. The van der Waals surface area contributed by atoms with Gasteiger partial charge in [-0.2, -0.15) is 0 Å². The van der Waals surface area contributed by atoms with Gasteiger partial charge in [0, 0.05) is 23.2 Å². The molecule has 0 atom stereocenters. The summed E-state index contributed by atoms with van der Waals surface area (Å²) >= 11 is 3.28. The third-order valence-electron chi connectivity index (χ3n) is 3.86. The number of benzene rings is 2. The molecule has 1 aliphatic rings. The number of nitrogens with one attached hydrogen (secondary N) is 2. The highest BCUT2D eigenvalue weighted by molar-refractivity contribution is 9.10. The van der Waals surface area contributed by atoms with Crippen molar-refractivity contribution in [1.82, 2.24) is 10.2 Å². The Kier molecular flexibility index (Phi) is 5.32. The summed E-state index contributed by atoms with van der Waals surface area (Å²) in [6.07, 6.45) is 0.406. The second-order valence-corrected chi connectivity index (χ2v) is 6.61. The largest absolute Gasteiger partial charge is 0.338 e. The van der Waals surface area contributed by atoms with Gasteiger partial charge in [-0.15, -0.1) is 0 Å². The molecule has 0 unspecified atom stereocenters. The van der Waals surface area contributed by atoms with E-state index in [0.29, 0.717) is 23.2 Å². The van der Waals surface area contributed by atoms with Crippen molar-refractivity contribution in [2.75, 3.05) is 18.4 Å². The van der Waals surface area contributed by atoms with Crippen molar-refractivity contribution in [3.8, 4) is 0 Å². The van der Waals surface area contributed by atoms with Crippen LogP contribution in [0, 0.1) is 5.82 Å². The minimum atomic E-state index is -0.484. The number of carbonyl (C=O) groups is 3. The van der Waals surface area contributed by atoms with Crippen LogP contribution < -0.4 is 10.6 Å². The Morgan fingerprint density at radius 2 is 1.85 bits per heavy atom. The zero-order valence-corrected chi connectivity index (χ0v) is 15.2. The number of fused-ring (bicyclic) bond motifs is 1. The fraction of sp³-hybridized carbons (Fsp3) is 0.167. The van der Waals surface area contributed by atoms with Crippen molar-refractivity contribution in [2.24, 2.45) is 0 Å².